The number of carbonyl (C=O) groups excluding carboxylic acids is 1. The van der Waals surface area contributed by atoms with Crippen LogP contribution >= 0.6 is 0 Å². The van der Waals surface area contributed by atoms with E-state index in [1.54, 1.807) is 69.9 Å². The molecule has 0 atom stereocenters. The van der Waals surface area contributed by atoms with Crippen LogP contribution < -0.4 is 24.8 Å². The monoisotopic (exact) mass is 380 g/mol. The first-order valence-corrected chi connectivity index (χ1v) is 8.41. The van der Waals surface area contributed by atoms with Crippen LogP contribution in [0, 0.1) is 0 Å². The van der Waals surface area contributed by atoms with E-state index in [9.17, 15) is 4.79 Å². The van der Waals surface area contributed by atoms with Gasteiger partial charge in [-0.25, -0.2) is 0 Å². The highest BCUT2D eigenvalue weighted by molar-refractivity contribution is 6.02. The number of hydrogen-bond donors (Lipinski definition) is 2. The number of methoxy groups -OCH3 is 3. The summed E-state index contributed by atoms with van der Waals surface area (Å²) in [7, 11) is 4.72. The highest BCUT2D eigenvalue weighted by Gasteiger charge is 2.11. The van der Waals surface area contributed by atoms with Gasteiger partial charge in [0.25, 0.3) is 5.91 Å². The van der Waals surface area contributed by atoms with Crippen molar-refractivity contribution in [1.82, 2.24) is 10.2 Å². The molecule has 1 aromatic heterocycles. The van der Waals surface area contributed by atoms with Crippen LogP contribution in [0.2, 0.25) is 0 Å². The average molecular weight is 380 g/mol. The van der Waals surface area contributed by atoms with Crippen molar-refractivity contribution >= 4 is 23.1 Å². The van der Waals surface area contributed by atoms with E-state index in [2.05, 4.69) is 20.8 Å². The molecule has 1 amide bonds. The molecule has 0 bridgehead atoms. The fourth-order valence-electron chi connectivity index (χ4n) is 2.46. The van der Waals surface area contributed by atoms with Gasteiger partial charge < -0.3 is 24.8 Å². The van der Waals surface area contributed by atoms with Crippen molar-refractivity contribution in [3.63, 3.8) is 0 Å². The number of aromatic nitrogens is 2. The Labute approximate surface area is 162 Å². The molecule has 0 radical (unpaired) electrons. The van der Waals surface area contributed by atoms with Gasteiger partial charge in [-0.2, -0.15) is 0 Å². The van der Waals surface area contributed by atoms with Crippen LogP contribution in [0.15, 0.2) is 54.6 Å². The van der Waals surface area contributed by atoms with Crippen molar-refractivity contribution in [1.29, 1.82) is 0 Å². The predicted octanol–water partition coefficient (Wildman–Crippen LogP) is 3.50. The minimum absolute atomic E-state index is 0.190. The number of rotatable bonds is 7. The lowest BCUT2D eigenvalue weighted by Crippen LogP contribution is -2.14. The molecule has 2 N–H and O–H groups in total. The van der Waals surface area contributed by atoms with Crippen LogP contribution in [0.5, 0.6) is 17.2 Å². The summed E-state index contributed by atoms with van der Waals surface area (Å²) < 4.78 is 15.7. The van der Waals surface area contributed by atoms with Crippen LogP contribution in [0.25, 0.3) is 0 Å². The van der Waals surface area contributed by atoms with Gasteiger partial charge in [-0.15, -0.1) is 10.2 Å². The molecule has 0 aliphatic heterocycles. The van der Waals surface area contributed by atoms with E-state index >= 15 is 0 Å². The second-order valence-electron chi connectivity index (χ2n) is 5.68. The Morgan fingerprint density at radius 3 is 2.32 bits per heavy atom. The van der Waals surface area contributed by atoms with Crippen molar-refractivity contribution in [3.8, 4) is 17.2 Å². The Bertz CT molecular complexity index is 961. The third kappa shape index (κ3) is 4.47. The molecule has 0 aliphatic carbocycles. The minimum Gasteiger partial charge on any atom is -0.497 e. The van der Waals surface area contributed by atoms with Crippen molar-refractivity contribution in [2.75, 3.05) is 32.0 Å². The Kier molecular flexibility index (Phi) is 5.91. The minimum atomic E-state index is -0.366. The van der Waals surface area contributed by atoms with Crippen LogP contribution in [0.1, 0.15) is 10.5 Å². The van der Waals surface area contributed by atoms with E-state index in [-0.39, 0.29) is 11.6 Å². The Hall–Kier alpha value is -3.81. The summed E-state index contributed by atoms with van der Waals surface area (Å²) in [5, 5.41) is 13.9. The first-order chi connectivity index (χ1) is 13.6. The topological polar surface area (TPSA) is 94.6 Å². The molecule has 8 heteroatoms. The number of anilines is 3. The van der Waals surface area contributed by atoms with Gasteiger partial charge in [0.05, 0.1) is 27.0 Å². The van der Waals surface area contributed by atoms with Crippen molar-refractivity contribution in [3.05, 3.63) is 60.3 Å². The standard InChI is InChI=1S/C20H20N4O4/c1-26-14-6-4-5-13(11-14)21-20(25)17-9-10-19(24-23-17)22-16-8-7-15(27-2)12-18(16)28-3/h4-12H,1-3H3,(H,21,25)(H,22,24). The zero-order valence-corrected chi connectivity index (χ0v) is 15.7. The molecule has 0 spiro atoms. The number of hydrogen-bond acceptors (Lipinski definition) is 7. The van der Waals surface area contributed by atoms with E-state index in [0.717, 1.165) is 0 Å². The molecule has 8 nitrogen and oxygen atoms in total. The number of carbonyl (C=O) groups is 1. The first kappa shape index (κ1) is 19.0. The Balaban J connectivity index is 1.70. The second kappa shape index (κ2) is 8.72. The molecule has 0 unspecified atom stereocenters. The van der Waals surface area contributed by atoms with E-state index in [4.69, 9.17) is 14.2 Å². The molecular weight excluding hydrogens is 360 g/mol. The molecule has 0 saturated heterocycles. The average Bonchev–Trinajstić information content (AvgIpc) is 2.74. The number of ether oxygens (including phenoxy) is 3. The van der Waals surface area contributed by atoms with Gasteiger partial charge in [-0.1, -0.05) is 6.07 Å². The molecule has 3 aromatic rings. The smallest absolute Gasteiger partial charge is 0.276 e. The Morgan fingerprint density at radius 1 is 0.857 bits per heavy atom. The third-order valence-corrected chi connectivity index (χ3v) is 3.90. The highest BCUT2D eigenvalue weighted by Crippen LogP contribution is 2.30. The summed E-state index contributed by atoms with van der Waals surface area (Å²) in [5.74, 6) is 2.03. The predicted molar refractivity (Wildman–Crippen MR) is 106 cm³/mol. The van der Waals surface area contributed by atoms with E-state index < -0.39 is 0 Å². The van der Waals surface area contributed by atoms with Gasteiger partial charge in [0.15, 0.2) is 11.5 Å². The molecule has 3 rings (SSSR count). The van der Waals surface area contributed by atoms with Gasteiger partial charge in [-0.3, -0.25) is 4.79 Å². The summed E-state index contributed by atoms with van der Waals surface area (Å²) in [4.78, 5) is 12.3. The molecule has 1 heterocycles. The zero-order chi connectivity index (χ0) is 19.9. The largest absolute Gasteiger partial charge is 0.497 e. The van der Waals surface area contributed by atoms with Crippen molar-refractivity contribution < 1.29 is 19.0 Å². The summed E-state index contributed by atoms with van der Waals surface area (Å²) in [6.45, 7) is 0. The van der Waals surface area contributed by atoms with Crippen molar-refractivity contribution in [2.45, 2.75) is 0 Å². The SMILES string of the molecule is COc1cccc(NC(=O)c2ccc(Nc3ccc(OC)cc3OC)nn2)c1. The van der Waals surface area contributed by atoms with Crippen LogP contribution in [0.3, 0.4) is 0 Å². The maximum atomic E-state index is 12.3. The summed E-state index contributed by atoms with van der Waals surface area (Å²) in [5.41, 5.74) is 1.50. The zero-order valence-electron chi connectivity index (χ0n) is 15.7. The molecular formula is C20H20N4O4. The molecule has 0 saturated carbocycles. The van der Waals surface area contributed by atoms with Crippen molar-refractivity contribution in [2.24, 2.45) is 0 Å². The van der Waals surface area contributed by atoms with E-state index in [1.165, 1.54) is 0 Å². The van der Waals surface area contributed by atoms with Gasteiger partial charge in [-0.05, 0) is 36.4 Å². The summed E-state index contributed by atoms with van der Waals surface area (Å²) in [6.07, 6.45) is 0. The number of benzene rings is 2. The summed E-state index contributed by atoms with van der Waals surface area (Å²) in [6, 6.07) is 15.7. The quantitative estimate of drug-likeness (QED) is 0.648. The normalized spacial score (nSPS) is 10.1. The fraction of sp³-hybridized carbons (Fsp3) is 0.150. The maximum absolute atomic E-state index is 12.3. The van der Waals surface area contributed by atoms with Gasteiger partial charge in [0.2, 0.25) is 0 Å². The fourth-order valence-corrected chi connectivity index (χ4v) is 2.46. The van der Waals surface area contributed by atoms with Crippen LogP contribution in [-0.2, 0) is 0 Å². The van der Waals surface area contributed by atoms with E-state index in [0.29, 0.717) is 34.4 Å². The molecule has 0 fully saturated rings. The lowest BCUT2D eigenvalue weighted by molar-refractivity contribution is 0.102. The third-order valence-electron chi connectivity index (χ3n) is 3.90. The van der Waals surface area contributed by atoms with Gasteiger partial charge >= 0.3 is 0 Å². The molecule has 28 heavy (non-hydrogen) atoms. The Morgan fingerprint density at radius 2 is 1.64 bits per heavy atom. The van der Waals surface area contributed by atoms with E-state index in [1.807, 2.05) is 6.07 Å². The van der Waals surface area contributed by atoms with Crippen LogP contribution in [0.4, 0.5) is 17.2 Å². The first-order valence-electron chi connectivity index (χ1n) is 8.41. The number of amides is 1. The number of nitrogens with one attached hydrogen (secondary N) is 2. The second-order valence-corrected chi connectivity index (χ2v) is 5.68. The maximum Gasteiger partial charge on any atom is 0.276 e. The molecule has 0 aliphatic rings. The molecule has 2 aromatic carbocycles. The van der Waals surface area contributed by atoms with Gasteiger partial charge in [0.1, 0.15) is 17.2 Å². The number of nitrogens with zero attached hydrogens (tertiary/aromatic N) is 2. The summed E-state index contributed by atoms with van der Waals surface area (Å²) >= 11 is 0. The van der Waals surface area contributed by atoms with Gasteiger partial charge in [0, 0.05) is 17.8 Å². The highest BCUT2D eigenvalue weighted by atomic mass is 16.5. The molecule has 144 valence electrons. The lowest BCUT2D eigenvalue weighted by Gasteiger charge is -2.12. The van der Waals surface area contributed by atoms with Crippen LogP contribution in [-0.4, -0.2) is 37.4 Å². The lowest BCUT2D eigenvalue weighted by atomic mass is 10.2.